The molecule has 0 aromatic rings. The Labute approximate surface area is 69.5 Å². The number of methoxy groups -OCH3 is 1. The van der Waals surface area contributed by atoms with Gasteiger partial charge in [-0.3, -0.25) is 4.90 Å². The molecule has 0 amide bonds. The molecule has 11 heavy (non-hydrogen) atoms. The molecule has 2 nitrogen and oxygen atoms in total. The molecule has 0 unspecified atom stereocenters. The lowest BCUT2D eigenvalue weighted by Gasteiger charge is -2.30. The Morgan fingerprint density at radius 3 is 2.45 bits per heavy atom. The summed E-state index contributed by atoms with van der Waals surface area (Å²) in [5, 5.41) is 0. The number of rotatable bonds is 3. The first kappa shape index (κ1) is 9.01. The zero-order chi connectivity index (χ0) is 8.10. The fourth-order valence-electron chi connectivity index (χ4n) is 1.71. The number of piperidine rings is 1. The Bertz CT molecular complexity index is 97.7. The maximum absolute atomic E-state index is 5.08. The van der Waals surface area contributed by atoms with Gasteiger partial charge in [-0.2, -0.15) is 0 Å². The SMILES string of the molecule is CCC1CCN(COC)CC1. The van der Waals surface area contributed by atoms with Gasteiger partial charge in [-0.05, 0) is 18.8 Å². The molecule has 0 aromatic carbocycles. The van der Waals surface area contributed by atoms with Crippen LogP contribution in [0, 0.1) is 5.92 Å². The lowest BCUT2D eigenvalue weighted by Crippen LogP contribution is -2.34. The number of hydrogen-bond acceptors (Lipinski definition) is 2. The average molecular weight is 157 g/mol. The van der Waals surface area contributed by atoms with Crippen molar-refractivity contribution in [3.05, 3.63) is 0 Å². The van der Waals surface area contributed by atoms with Crippen LogP contribution in [-0.2, 0) is 4.74 Å². The Morgan fingerprint density at radius 2 is 2.00 bits per heavy atom. The molecule has 0 spiro atoms. The van der Waals surface area contributed by atoms with Crippen LogP contribution < -0.4 is 0 Å². The van der Waals surface area contributed by atoms with Gasteiger partial charge in [0, 0.05) is 20.2 Å². The third-order valence-corrected chi connectivity index (χ3v) is 2.60. The minimum absolute atomic E-state index is 0.816. The standard InChI is InChI=1S/C9H19NO/c1-3-9-4-6-10(7-5-9)8-11-2/h9H,3-8H2,1-2H3. The highest BCUT2D eigenvalue weighted by Gasteiger charge is 2.16. The van der Waals surface area contributed by atoms with Gasteiger partial charge in [0.15, 0.2) is 0 Å². The summed E-state index contributed by atoms with van der Waals surface area (Å²) in [5.41, 5.74) is 0. The first-order chi connectivity index (χ1) is 5.36. The van der Waals surface area contributed by atoms with Crippen molar-refractivity contribution in [1.82, 2.24) is 4.90 Å². The summed E-state index contributed by atoms with van der Waals surface area (Å²) in [6.45, 7) is 5.56. The van der Waals surface area contributed by atoms with Crippen LogP contribution in [0.15, 0.2) is 0 Å². The van der Waals surface area contributed by atoms with E-state index >= 15 is 0 Å². The summed E-state index contributed by atoms with van der Waals surface area (Å²) in [7, 11) is 1.77. The van der Waals surface area contributed by atoms with Gasteiger partial charge in [0.1, 0.15) is 0 Å². The lowest BCUT2D eigenvalue weighted by molar-refractivity contribution is 0.0390. The minimum atomic E-state index is 0.816. The highest BCUT2D eigenvalue weighted by atomic mass is 16.5. The molecule has 1 aliphatic heterocycles. The van der Waals surface area contributed by atoms with Gasteiger partial charge in [-0.15, -0.1) is 0 Å². The van der Waals surface area contributed by atoms with Crippen LogP contribution in [-0.4, -0.2) is 31.8 Å². The topological polar surface area (TPSA) is 12.5 Å². The molecule has 1 heterocycles. The molecule has 0 bridgehead atoms. The van der Waals surface area contributed by atoms with Crippen molar-refractivity contribution in [2.45, 2.75) is 26.2 Å². The number of likely N-dealkylation sites (tertiary alicyclic amines) is 1. The van der Waals surface area contributed by atoms with Gasteiger partial charge in [0.2, 0.25) is 0 Å². The van der Waals surface area contributed by atoms with Crippen LogP contribution >= 0.6 is 0 Å². The van der Waals surface area contributed by atoms with E-state index in [1.165, 1.54) is 32.4 Å². The van der Waals surface area contributed by atoms with Crippen LogP contribution in [0.1, 0.15) is 26.2 Å². The third kappa shape index (κ3) is 2.80. The summed E-state index contributed by atoms with van der Waals surface area (Å²) in [4.78, 5) is 2.38. The van der Waals surface area contributed by atoms with E-state index in [0.29, 0.717) is 0 Å². The summed E-state index contributed by atoms with van der Waals surface area (Å²) < 4.78 is 5.08. The zero-order valence-corrected chi connectivity index (χ0v) is 7.68. The fraction of sp³-hybridized carbons (Fsp3) is 1.00. The number of nitrogens with zero attached hydrogens (tertiary/aromatic N) is 1. The van der Waals surface area contributed by atoms with Crippen molar-refractivity contribution in [2.75, 3.05) is 26.9 Å². The van der Waals surface area contributed by atoms with Crippen molar-refractivity contribution >= 4 is 0 Å². The summed E-state index contributed by atoms with van der Waals surface area (Å²) in [5.74, 6) is 0.975. The Hall–Kier alpha value is -0.0800. The second-order valence-corrected chi connectivity index (χ2v) is 3.39. The van der Waals surface area contributed by atoms with Gasteiger partial charge in [0.05, 0.1) is 6.73 Å². The molecular weight excluding hydrogens is 138 g/mol. The second kappa shape index (κ2) is 4.73. The van der Waals surface area contributed by atoms with E-state index in [1.54, 1.807) is 7.11 Å². The highest BCUT2D eigenvalue weighted by Crippen LogP contribution is 2.19. The predicted molar refractivity (Wildman–Crippen MR) is 46.5 cm³/mol. The average Bonchev–Trinajstić information content (AvgIpc) is 2.07. The van der Waals surface area contributed by atoms with Gasteiger partial charge in [-0.25, -0.2) is 0 Å². The van der Waals surface area contributed by atoms with E-state index in [4.69, 9.17) is 4.74 Å². The first-order valence-electron chi connectivity index (χ1n) is 4.58. The maximum atomic E-state index is 5.08. The third-order valence-electron chi connectivity index (χ3n) is 2.60. The molecule has 0 saturated carbocycles. The maximum Gasteiger partial charge on any atom is 0.0986 e. The van der Waals surface area contributed by atoms with Crippen molar-refractivity contribution in [1.29, 1.82) is 0 Å². The van der Waals surface area contributed by atoms with E-state index in [-0.39, 0.29) is 0 Å². The van der Waals surface area contributed by atoms with Gasteiger partial charge >= 0.3 is 0 Å². The monoisotopic (exact) mass is 157 g/mol. The first-order valence-corrected chi connectivity index (χ1v) is 4.58. The van der Waals surface area contributed by atoms with Crippen LogP contribution in [0.2, 0.25) is 0 Å². The van der Waals surface area contributed by atoms with Crippen molar-refractivity contribution in [3.8, 4) is 0 Å². The Kier molecular flexibility index (Phi) is 3.87. The number of hydrogen-bond donors (Lipinski definition) is 0. The summed E-state index contributed by atoms with van der Waals surface area (Å²) >= 11 is 0. The summed E-state index contributed by atoms with van der Waals surface area (Å²) in [6.07, 6.45) is 4.07. The smallest absolute Gasteiger partial charge is 0.0986 e. The van der Waals surface area contributed by atoms with Crippen LogP contribution in [0.5, 0.6) is 0 Å². The van der Waals surface area contributed by atoms with Gasteiger partial charge in [-0.1, -0.05) is 13.3 Å². The van der Waals surface area contributed by atoms with E-state index in [9.17, 15) is 0 Å². The predicted octanol–water partition coefficient (Wildman–Crippen LogP) is 1.71. The fourth-order valence-corrected chi connectivity index (χ4v) is 1.71. The molecule has 1 rings (SSSR count). The van der Waals surface area contributed by atoms with Gasteiger partial charge < -0.3 is 4.74 Å². The van der Waals surface area contributed by atoms with Crippen LogP contribution in [0.3, 0.4) is 0 Å². The van der Waals surface area contributed by atoms with E-state index in [2.05, 4.69) is 11.8 Å². The Balaban J connectivity index is 2.14. The molecule has 0 N–H and O–H groups in total. The van der Waals surface area contributed by atoms with E-state index < -0.39 is 0 Å². The molecule has 2 heteroatoms. The second-order valence-electron chi connectivity index (χ2n) is 3.39. The molecule has 0 aliphatic carbocycles. The van der Waals surface area contributed by atoms with Crippen LogP contribution in [0.4, 0.5) is 0 Å². The van der Waals surface area contributed by atoms with E-state index in [0.717, 1.165) is 12.6 Å². The number of ether oxygens (including phenoxy) is 1. The normalized spacial score (nSPS) is 22.4. The largest absolute Gasteiger partial charge is 0.369 e. The van der Waals surface area contributed by atoms with Crippen molar-refractivity contribution < 1.29 is 4.74 Å². The Morgan fingerprint density at radius 1 is 1.36 bits per heavy atom. The molecule has 66 valence electrons. The molecule has 0 radical (unpaired) electrons. The van der Waals surface area contributed by atoms with Crippen molar-refractivity contribution in [2.24, 2.45) is 5.92 Å². The lowest BCUT2D eigenvalue weighted by atomic mass is 9.95. The summed E-state index contributed by atoms with van der Waals surface area (Å²) in [6, 6.07) is 0. The molecule has 1 saturated heterocycles. The molecule has 1 fully saturated rings. The molecule has 1 aliphatic rings. The quantitative estimate of drug-likeness (QED) is 0.618. The van der Waals surface area contributed by atoms with Crippen molar-refractivity contribution in [3.63, 3.8) is 0 Å². The van der Waals surface area contributed by atoms with Gasteiger partial charge in [0.25, 0.3) is 0 Å². The highest BCUT2D eigenvalue weighted by molar-refractivity contribution is 4.69. The van der Waals surface area contributed by atoms with Crippen LogP contribution in [0.25, 0.3) is 0 Å². The van der Waals surface area contributed by atoms with E-state index in [1.807, 2.05) is 0 Å². The minimum Gasteiger partial charge on any atom is -0.369 e. The molecule has 0 atom stereocenters. The zero-order valence-electron chi connectivity index (χ0n) is 7.68. The molecule has 0 aromatic heterocycles. The molecular formula is C9H19NO.